The largest absolute Gasteiger partial charge is 0.426 e. The van der Waals surface area contributed by atoms with E-state index < -0.39 is 12.0 Å². The molecule has 0 aliphatic rings. The highest BCUT2D eigenvalue weighted by Crippen LogP contribution is 2.22. The average molecular weight is 414 g/mol. The minimum atomic E-state index is -0.565. The first kappa shape index (κ1) is 19.9. The van der Waals surface area contributed by atoms with Crippen molar-refractivity contribution >= 4 is 35.1 Å². The summed E-state index contributed by atoms with van der Waals surface area (Å²) in [7, 11) is 0. The number of benzene rings is 3. The van der Waals surface area contributed by atoms with Crippen LogP contribution in [-0.4, -0.2) is 11.9 Å². The van der Waals surface area contributed by atoms with Gasteiger partial charge < -0.3 is 10.1 Å². The first-order chi connectivity index (χ1) is 13.5. The lowest BCUT2D eigenvalue weighted by atomic mass is 10.0. The van der Waals surface area contributed by atoms with Crippen LogP contribution in [0.3, 0.4) is 0 Å². The lowest BCUT2D eigenvalue weighted by Gasteiger charge is -2.19. The molecule has 1 N–H and O–H groups in total. The Kier molecular flexibility index (Phi) is 6.69. The fourth-order valence-corrected chi connectivity index (χ4v) is 3.01. The van der Waals surface area contributed by atoms with Crippen LogP contribution < -0.4 is 10.1 Å². The van der Waals surface area contributed by atoms with Gasteiger partial charge in [0.05, 0.1) is 23.0 Å². The molecule has 3 rings (SSSR count). The summed E-state index contributed by atoms with van der Waals surface area (Å²) in [4.78, 5) is 25.1. The van der Waals surface area contributed by atoms with Crippen LogP contribution in [0.15, 0.2) is 78.9 Å². The molecule has 142 valence electrons. The van der Waals surface area contributed by atoms with E-state index in [-0.39, 0.29) is 12.3 Å². The molecule has 0 spiro atoms. The quantitative estimate of drug-likeness (QED) is 0.431. The summed E-state index contributed by atoms with van der Waals surface area (Å²) in [5.74, 6) is -0.451. The highest BCUT2D eigenvalue weighted by atomic mass is 35.5. The van der Waals surface area contributed by atoms with Gasteiger partial charge in [0.1, 0.15) is 5.75 Å². The van der Waals surface area contributed by atoms with Gasteiger partial charge >= 0.3 is 5.97 Å². The third-order valence-corrected chi connectivity index (χ3v) is 4.62. The van der Waals surface area contributed by atoms with Crippen LogP contribution in [-0.2, 0) is 4.79 Å². The third-order valence-electron chi connectivity index (χ3n) is 4.04. The van der Waals surface area contributed by atoms with E-state index in [2.05, 4.69) is 5.32 Å². The zero-order valence-electron chi connectivity index (χ0n) is 14.8. The first-order valence-electron chi connectivity index (χ1n) is 8.59. The number of amides is 1. The molecule has 3 aromatic carbocycles. The molecule has 28 heavy (non-hydrogen) atoms. The third kappa shape index (κ3) is 5.35. The maximum Gasteiger partial charge on any atom is 0.313 e. The molecule has 1 atom stereocenters. The van der Waals surface area contributed by atoms with E-state index in [1.165, 1.54) is 0 Å². The van der Waals surface area contributed by atoms with Crippen molar-refractivity contribution in [3.05, 3.63) is 100 Å². The van der Waals surface area contributed by atoms with Gasteiger partial charge in [-0.05, 0) is 42.0 Å². The number of esters is 1. The number of hydrogen-bond donors (Lipinski definition) is 1. The molecule has 0 aliphatic carbocycles. The van der Waals surface area contributed by atoms with E-state index in [4.69, 9.17) is 27.9 Å². The van der Waals surface area contributed by atoms with Crippen molar-refractivity contribution in [2.75, 3.05) is 0 Å². The smallest absolute Gasteiger partial charge is 0.313 e. The van der Waals surface area contributed by atoms with Gasteiger partial charge in [-0.1, -0.05) is 65.7 Å². The molecule has 6 heteroatoms. The Morgan fingerprint density at radius 3 is 2.18 bits per heavy atom. The summed E-state index contributed by atoms with van der Waals surface area (Å²) in [6.07, 6.45) is -0.0389. The zero-order chi connectivity index (χ0) is 19.9. The van der Waals surface area contributed by atoms with Gasteiger partial charge in [-0.15, -0.1) is 0 Å². The summed E-state index contributed by atoms with van der Waals surface area (Å²) in [6, 6.07) is 21.9. The Morgan fingerprint density at radius 2 is 1.50 bits per heavy atom. The van der Waals surface area contributed by atoms with Gasteiger partial charge in [0.25, 0.3) is 5.91 Å². The molecule has 0 aromatic heterocycles. The van der Waals surface area contributed by atoms with Crippen LogP contribution >= 0.6 is 23.2 Å². The number of hydrogen-bond acceptors (Lipinski definition) is 3. The van der Waals surface area contributed by atoms with Crippen molar-refractivity contribution in [2.45, 2.75) is 12.5 Å². The number of carbonyl (C=O) groups excluding carboxylic acids is 2. The molecule has 4 nitrogen and oxygen atoms in total. The maximum atomic E-state index is 12.7. The van der Waals surface area contributed by atoms with Crippen molar-refractivity contribution in [2.24, 2.45) is 0 Å². The minimum absolute atomic E-state index is 0.0389. The molecule has 0 unspecified atom stereocenters. The van der Waals surface area contributed by atoms with Crippen LogP contribution in [0.1, 0.15) is 28.4 Å². The Balaban J connectivity index is 1.76. The molecule has 0 radical (unpaired) electrons. The lowest BCUT2D eigenvalue weighted by molar-refractivity contribution is -0.134. The van der Waals surface area contributed by atoms with Gasteiger partial charge in [-0.3, -0.25) is 9.59 Å². The van der Waals surface area contributed by atoms with Gasteiger partial charge in [-0.25, -0.2) is 0 Å². The molecular formula is C22H17Cl2NO3. The number of nitrogens with one attached hydrogen (secondary N) is 1. The second-order valence-corrected chi connectivity index (χ2v) is 6.89. The summed E-state index contributed by atoms with van der Waals surface area (Å²) >= 11 is 12.0. The van der Waals surface area contributed by atoms with Crippen LogP contribution in [0.5, 0.6) is 5.75 Å². The van der Waals surface area contributed by atoms with Gasteiger partial charge in [0, 0.05) is 5.02 Å². The van der Waals surface area contributed by atoms with Crippen LogP contribution in [0.2, 0.25) is 10.0 Å². The molecule has 0 aliphatic heterocycles. The zero-order valence-corrected chi connectivity index (χ0v) is 16.3. The number of rotatable bonds is 6. The van der Waals surface area contributed by atoms with Crippen LogP contribution in [0, 0.1) is 0 Å². The van der Waals surface area contributed by atoms with E-state index >= 15 is 0 Å². The van der Waals surface area contributed by atoms with Crippen LogP contribution in [0.25, 0.3) is 0 Å². The molecular weight excluding hydrogens is 397 g/mol. The van der Waals surface area contributed by atoms with Crippen molar-refractivity contribution in [3.8, 4) is 5.75 Å². The first-order valence-corrected chi connectivity index (χ1v) is 9.35. The average Bonchev–Trinajstić information content (AvgIpc) is 2.70. The van der Waals surface area contributed by atoms with E-state index in [0.717, 1.165) is 5.56 Å². The standard InChI is InChI=1S/C22H17Cl2NO3/c23-16-10-12-17(13-11-16)28-21(26)14-20(15-6-2-1-3-7-15)25-22(27)18-8-4-5-9-19(18)24/h1-13,20H,14H2,(H,25,27)/t20-/m0/s1. The Bertz CT molecular complexity index is 959. The van der Waals surface area contributed by atoms with E-state index in [9.17, 15) is 9.59 Å². The Hall–Kier alpha value is -2.82. The molecule has 0 fully saturated rings. The summed E-state index contributed by atoms with van der Waals surface area (Å²) in [6.45, 7) is 0. The second kappa shape index (κ2) is 9.40. The highest BCUT2D eigenvalue weighted by molar-refractivity contribution is 6.33. The fraction of sp³-hybridized carbons (Fsp3) is 0.0909. The topological polar surface area (TPSA) is 55.4 Å². The number of ether oxygens (including phenoxy) is 1. The highest BCUT2D eigenvalue weighted by Gasteiger charge is 2.21. The summed E-state index contributed by atoms with van der Waals surface area (Å²) < 4.78 is 5.36. The van der Waals surface area contributed by atoms with Gasteiger partial charge in [0.15, 0.2) is 0 Å². The Morgan fingerprint density at radius 1 is 0.857 bits per heavy atom. The minimum Gasteiger partial charge on any atom is -0.426 e. The summed E-state index contributed by atoms with van der Waals surface area (Å²) in [5.41, 5.74) is 1.13. The molecule has 0 bridgehead atoms. The number of halogens is 2. The monoisotopic (exact) mass is 413 g/mol. The molecule has 0 saturated carbocycles. The van der Waals surface area contributed by atoms with Crippen LogP contribution in [0.4, 0.5) is 0 Å². The van der Waals surface area contributed by atoms with E-state index in [1.54, 1.807) is 48.5 Å². The normalized spacial score (nSPS) is 11.5. The van der Waals surface area contributed by atoms with Crippen molar-refractivity contribution in [3.63, 3.8) is 0 Å². The van der Waals surface area contributed by atoms with Crippen molar-refractivity contribution < 1.29 is 14.3 Å². The van der Waals surface area contributed by atoms with Crippen molar-refractivity contribution in [1.82, 2.24) is 5.32 Å². The number of carbonyl (C=O) groups is 2. The molecule has 3 aromatic rings. The van der Waals surface area contributed by atoms with E-state index in [0.29, 0.717) is 21.4 Å². The SMILES string of the molecule is O=C(C[C@H](NC(=O)c1ccccc1Cl)c1ccccc1)Oc1ccc(Cl)cc1. The molecule has 1 amide bonds. The van der Waals surface area contributed by atoms with Crippen molar-refractivity contribution in [1.29, 1.82) is 0 Å². The Labute approximate surface area is 173 Å². The van der Waals surface area contributed by atoms with E-state index in [1.807, 2.05) is 30.3 Å². The fourth-order valence-electron chi connectivity index (χ4n) is 2.66. The summed E-state index contributed by atoms with van der Waals surface area (Å²) in [5, 5.41) is 3.76. The molecule has 0 saturated heterocycles. The second-order valence-electron chi connectivity index (χ2n) is 6.05. The lowest BCUT2D eigenvalue weighted by Crippen LogP contribution is -2.31. The predicted octanol–water partition coefficient (Wildman–Crippen LogP) is 5.46. The maximum absolute atomic E-state index is 12.7. The predicted molar refractivity (Wildman–Crippen MR) is 110 cm³/mol. The van der Waals surface area contributed by atoms with Gasteiger partial charge in [-0.2, -0.15) is 0 Å². The van der Waals surface area contributed by atoms with Gasteiger partial charge in [0.2, 0.25) is 0 Å². The molecule has 0 heterocycles.